The number of aryl methyl sites for hydroxylation is 2. The van der Waals surface area contributed by atoms with Crippen molar-refractivity contribution in [2.45, 2.75) is 26.7 Å². The molecule has 1 N–H and O–H groups in total. The Balaban J connectivity index is 1.69. The topological polar surface area (TPSA) is 58.1 Å². The fourth-order valence-electron chi connectivity index (χ4n) is 2.96. The Kier molecular flexibility index (Phi) is 4.55. The van der Waals surface area contributed by atoms with Crippen LogP contribution in [0.25, 0.3) is 0 Å². The predicted molar refractivity (Wildman–Crippen MR) is 91.5 cm³/mol. The molecular formula is C18H22N4O. The van der Waals surface area contributed by atoms with Crippen molar-refractivity contribution in [1.82, 2.24) is 9.97 Å². The molecule has 1 aromatic heterocycles. The summed E-state index contributed by atoms with van der Waals surface area (Å²) in [5.41, 5.74) is 3.15. The molecule has 0 saturated carbocycles. The summed E-state index contributed by atoms with van der Waals surface area (Å²) in [7, 11) is 0. The van der Waals surface area contributed by atoms with E-state index in [-0.39, 0.29) is 11.8 Å². The number of piperidine rings is 1. The Morgan fingerprint density at radius 3 is 2.96 bits per heavy atom. The van der Waals surface area contributed by atoms with Crippen LogP contribution in [0, 0.1) is 19.8 Å². The molecule has 0 aliphatic carbocycles. The minimum Gasteiger partial charge on any atom is -0.355 e. The van der Waals surface area contributed by atoms with E-state index in [4.69, 9.17) is 0 Å². The molecule has 1 fully saturated rings. The number of benzene rings is 1. The van der Waals surface area contributed by atoms with Gasteiger partial charge in [-0.15, -0.1) is 0 Å². The lowest BCUT2D eigenvalue weighted by molar-refractivity contribution is -0.120. The van der Waals surface area contributed by atoms with Gasteiger partial charge < -0.3 is 10.2 Å². The number of nitrogens with one attached hydrogen (secondary N) is 1. The minimum absolute atomic E-state index is 0.0225. The molecule has 23 heavy (non-hydrogen) atoms. The zero-order valence-electron chi connectivity index (χ0n) is 13.6. The Labute approximate surface area is 136 Å². The van der Waals surface area contributed by atoms with Crippen LogP contribution in [-0.2, 0) is 4.79 Å². The smallest absolute Gasteiger partial charge is 0.229 e. The van der Waals surface area contributed by atoms with Crippen molar-refractivity contribution in [3.8, 4) is 0 Å². The van der Waals surface area contributed by atoms with Crippen LogP contribution in [0.1, 0.15) is 24.0 Å². The third kappa shape index (κ3) is 3.67. The molecule has 5 heteroatoms. The van der Waals surface area contributed by atoms with Gasteiger partial charge in [-0.3, -0.25) is 9.78 Å². The molecule has 1 aromatic carbocycles. The van der Waals surface area contributed by atoms with Crippen molar-refractivity contribution in [2.75, 3.05) is 23.3 Å². The summed E-state index contributed by atoms with van der Waals surface area (Å²) in [6, 6.07) is 6.12. The van der Waals surface area contributed by atoms with Crippen LogP contribution in [0.15, 0.2) is 36.8 Å². The quantitative estimate of drug-likeness (QED) is 0.947. The SMILES string of the molecule is Cc1ccc(C)c(NC(=O)[C@@H]2CCCN(c3cnccn3)C2)c1. The summed E-state index contributed by atoms with van der Waals surface area (Å²) in [4.78, 5) is 23.2. The van der Waals surface area contributed by atoms with Gasteiger partial charge in [0.2, 0.25) is 5.91 Å². The summed E-state index contributed by atoms with van der Waals surface area (Å²) in [5.74, 6) is 0.912. The molecule has 0 unspecified atom stereocenters. The molecule has 0 spiro atoms. The van der Waals surface area contributed by atoms with E-state index < -0.39 is 0 Å². The first-order valence-corrected chi connectivity index (χ1v) is 8.02. The van der Waals surface area contributed by atoms with Crippen molar-refractivity contribution < 1.29 is 4.79 Å². The molecule has 120 valence electrons. The molecule has 2 heterocycles. The maximum absolute atomic E-state index is 12.6. The number of rotatable bonds is 3. The molecule has 3 rings (SSSR count). The van der Waals surface area contributed by atoms with Crippen molar-refractivity contribution >= 4 is 17.4 Å². The van der Waals surface area contributed by atoms with Crippen molar-refractivity contribution in [2.24, 2.45) is 5.92 Å². The Morgan fingerprint density at radius 1 is 1.30 bits per heavy atom. The number of carbonyl (C=O) groups is 1. The predicted octanol–water partition coefficient (Wildman–Crippen LogP) is 2.95. The Bertz CT molecular complexity index is 687. The fourth-order valence-corrected chi connectivity index (χ4v) is 2.96. The van der Waals surface area contributed by atoms with Crippen LogP contribution in [0.5, 0.6) is 0 Å². The lowest BCUT2D eigenvalue weighted by Gasteiger charge is -2.32. The van der Waals surface area contributed by atoms with Gasteiger partial charge in [0.05, 0.1) is 12.1 Å². The molecule has 1 atom stereocenters. The van der Waals surface area contributed by atoms with E-state index in [1.807, 2.05) is 26.0 Å². The van der Waals surface area contributed by atoms with Gasteiger partial charge in [-0.1, -0.05) is 12.1 Å². The van der Waals surface area contributed by atoms with Crippen LogP contribution in [-0.4, -0.2) is 29.0 Å². The second-order valence-corrected chi connectivity index (χ2v) is 6.16. The molecule has 0 bridgehead atoms. The van der Waals surface area contributed by atoms with Gasteiger partial charge in [0.15, 0.2) is 0 Å². The van der Waals surface area contributed by atoms with Crippen molar-refractivity contribution in [3.05, 3.63) is 47.9 Å². The third-order valence-corrected chi connectivity index (χ3v) is 4.32. The van der Waals surface area contributed by atoms with E-state index in [2.05, 4.69) is 26.3 Å². The molecule has 2 aromatic rings. The van der Waals surface area contributed by atoms with E-state index in [1.165, 1.54) is 0 Å². The minimum atomic E-state index is -0.0225. The molecule has 5 nitrogen and oxygen atoms in total. The second-order valence-electron chi connectivity index (χ2n) is 6.16. The van der Waals surface area contributed by atoms with E-state index in [0.29, 0.717) is 6.54 Å². The average molecular weight is 310 g/mol. The number of carbonyl (C=O) groups excluding carboxylic acids is 1. The fraction of sp³-hybridized carbons (Fsp3) is 0.389. The lowest BCUT2D eigenvalue weighted by Crippen LogP contribution is -2.41. The van der Waals surface area contributed by atoms with E-state index in [9.17, 15) is 4.79 Å². The Morgan fingerprint density at radius 2 is 2.17 bits per heavy atom. The van der Waals surface area contributed by atoms with Crippen molar-refractivity contribution in [1.29, 1.82) is 0 Å². The first-order valence-electron chi connectivity index (χ1n) is 8.02. The average Bonchev–Trinajstić information content (AvgIpc) is 2.59. The Hall–Kier alpha value is -2.43. The number of hydrogen-bond acceptors (Lipinski definition) is 4. The molecular weight excluding hydrogens is 288 g/mol. The van der Waals surface area contributed by atoms with E-state index in [0.717, 1.165) is 42.0 Å². The van der Waals surface area contributed by atoms with Gasteiger partial charge >= 0.3 is 0 Å². The van der Waals surface area contributed by atoms with Gasteiger partial charge in [0.1, 0.15) is 5.82 Å². The number of anilines is 2. The van der Waals surface area contributed by atoms with Crippen LogP contribution < -0.4 is 10.2 Å². The largest absolute Gasteiger partial charge is 0.355 e. The number of aromatic nitrogens is 2. The molecule has 1 aliphatic heterocycles. The van der Waals surface area contributed by atoms with E-state index in [1.54, 1.807) is 18.6 Å². The zero-order valence-corrected chi connectivity index (χ0v) is 13.6. The zero-order chi connectivity index (χ0) is 16.2. The van der Waals surface area contributed by atoms with Crippen LogP contribution in [0.2, 0.25) is 0 Å². The standard InChI is InChI=1S/C18H22N4O/c1-13-5-6-14(2)16(10-13)21-18(23)15-4-3-9-22(12-15)17-11-19-7-8-20-17/h5-8,10-11,15H,3-4,9,12H2,1-2H3,(H,21,23)/t15-/m1/s1. The summed E-state index contributed by atoms with van der Waals surface area (Å²) in [5, 5.41) is 3.09. The monoisotopic (exact) mass is 310 g/mol. The summed E-state index contributed by atoms with van der Waals surface area (Å²) >= 11 is 0. The van der Waals surface area contributed by atoms with Crippen LogP contribution in [0.3, 0.4) is 0 Å². The highest BCUT2D eigenvalue weighted by molar-refractivity contribution is 5.93. The van der Waals surface area contributed by atoms with Gasteiger partial charge in [0.25, 0.3) is 0 Å². The molecule has 1 aliphatic rings. The number of hydrogen-bond donors (Lipinski definition) is 1. The highest BCUT2D eigenvalue weighted by Crippen LogP contribution is 2.23. The van der Waals surface area contributed by atoms with Gasteiger partial charge in [-0.2, -0.15) is 0 Å². The number of nitrogens with zero attached hydrogens (tertiary/aromatic N) is 3. The second kappa shape index (κ2) is 6.77. The molecule has 1 saturated heterocycles. The van der Waals surface area contributed by atoms with E-state index >= 15 is 0 Å². The molecule has 1 amide bonds. The maximum Gasteiger partial charge on any atom is 0.229 e. The summed E-state index contributed by atoms with van der Waals surface area (Å²) in [6.07, 6.45) is 7.01. The summed E-state index contributed by atoms with van der Waals surface area (Å²) < 4.78 is 0. The van der Waals surface area contributed by atoms with Gasteiger partial charge in [-0.25, -0.2) is 4.98 Å². The maximum atomic E-state index is 12.6. The third-order valence-electron chi connectivity index (χ3n) is 4.32. The highest BCUT2D eigenvalue weighted by Gasteiger charge is 2.26. The number of amides is 1. The van der Waals surface area contributed by atoms with Crippen LogP contribution >= 0.6 is 0 Å². The van der Waals surface area contributed by atoms with Gasteiger partial charge in [0, 0.05) is 31.2 Å². The first kappa shape index (κ1) is 15.5. The summed E-state index contributed by atoms with van der Waals surface area (Å²) in [6.45, 7) is 5.66. The van der Waals surface area contributed by atoms with Crippen molar-refractivity contribution in [3.63, 3.8) is 0 Å². The highest BCUT2D eigenvalue weighted by atomic mass is 16.1. The first-order chi connectivity index (χ1) is 11.1. The normalized spacial score (nSPS) is 17.8. The lowest BCUT2D eigenvalue weighted by atomic mass is 9.97. The van der Waals surface area contributed by atoms with Gasteiger partial charge in [-0.05, 0) is 43.9 Å². The van der Waals surface area contributed by atoms with Crippen LogP contribution in [0.4, 0.5) is 11.5 Å². The molecule has 0 radical (unpaired) electrons.